The summed E-state index contributed by atoms with van der Waals surface area (Å²) in [6.07, 6.45) is 3.27. The van der Waals surface area contributed by atoms with Crippen molar-refractivity contribution >= 4 is 11.8 Å². The van der Waals surface area contributed by atoms with Crippen LogP contribution >= 0.6 is 0 Å². The Balaban J connectivity index is 1.87. The van der Waals surface area contributed by atoms with E-state index < -0.39 is 11.9 Å². The van der Waals surface area contributed by atoms with E-state index >= 15 is 0 Å². The first-order valence-corrected chi connectivity index (χ1v) is 7.29. The third-order valence-corrected chi connectivity index (χ3v) is 3.42. The highest BCUT2D eigenvalue weighted by molar-refractivity contribution is 5.92. The zero-order chi connectivity index (χ0) is 17.1. The fraction of sp³-hybridized carbons (Fsp3) is 0.188. The number of aryl methyl sites for hydroxylation is 1. The Kier molecular flexibility index (Phi) is 4.19. The first-order chi connectivity index (χ1) is 11.5. The molecule has 1 unspecified atom stereocenters. The summed E-state index contributed by atoms with van der Waals surface area (Å²) in [5, 5.41) is 10.5. The molecule has 0 spiro atoms. The van der Waals surface area contributed by atoms with Crippen molar-refractivity contribution in [2.24, 2.45) is 0 Å². The second-order valence-electron chi connectivity index (χ2n) is 5.24. The number of anilines is 1. The highest BCUT2D eigenvalue weighted by Gasteiger charge is 2.19. The molecule has 0 fully saturated rings. The second-order valence-corrected chi connectivity index (χ2v) is 5.24. The maximum Gasteiger partial charge on any atom is 0.267 e. The lowest BCUT2D eigenvalue weighted by Gasteiger charge is -2.13. The van der Waals surface area contributed by atoms with Crippen LogP contribution in [0.25, 0.3) is 11.3 Å². The number of hydrogen-bond acceptors (Lipinski definition) is 6. The van der Waals surface area contributed by atoms with E-state index in [1.165, 1.54) is 6.07 Å². The molecular weight excluding hydrogens is 310 g/mol. The Bertz CT molecular complexity index is 917. The summed E-state index contributed by atoms with van der Waals surface area (Å²) in [6, 6.07) is 7.32. The van der Waals surface area contributed by atoms with Gasteiger partial charge in [0.25, 0.3) is 11.5 Å². The predicted molar refractivity (Wildman–Crippen MR) is 86.3 cm³/mol. The van der Waals surface area contributed by atoms with Crippen LogP contribution in [0, 0.1) is 6.92 Å². The van der Waals surface area contributed by atoms with Gasteiger partial charge in [-0.05, 0) is 32.0 Å². The van der Waals surface area contributed by atoms with Crippen molar-refractivity contribution in [2.45, 2.75) is 19.9 Å². The Morgan fingerprint density at radius 2 is 2.00 bits per heavy atom. The molecule has 3 aromatic rings. The smallest absolute Gasteiger partial charge is 0.267 e. The minimum atomic E-state index is -0.815. The summed E-state index contributed by atoms with van der Waals surface area (Å²) in [5.74, 6) is -0.199. The molecule has 0 aliphatic heterocycles. The lowest BCUT2D eigenvalue weighted by molar-refractivity contribution is -0.119. The van der Waals surface area contributed by atoms with Crippen LogP contribution in [0.15, 0.2) is 52.0 Å². The minimum absolute atomic E-state index is 0.225. The van der Waals surface area contributed by atoms with Crippen LogP contribution in [0.2, 0.25) is 0 Å². The number of carbonyl (C=O) groups is 1. The van der Waals surface area contributed by atoms with Gasteiger partial charge in [0, 0.05) is 30.1 Å². The maximum absolute atomic E-state index is 12.3. The normalized spacial score (nSPS) is 11.9. The molecule has 122 valence electrons. The molecule has 1 amide bonds. The van der Waals surface area contributed by atoms with Crippen molar-refractivity contribution in [3.05, 3.63) is 58.8 Å². The number of carbonyl (C=O) groups excluding carboxylic acids is 1. The fourth-order valence-electron chi connectivity index (χ4n) is 2.14. The number of hydrogen-bond donors (Lipinski definition) is 1. The molecule has 1 N–H and O–H groups in total. The summed E-state index contributed by atoms with van der Waals surface area (Å²) in [7, 11) is 0. The first kappa shape index (κ1) is 15.6. The van der Waals surface area contributed by atoms with Crippen LogP contribution < -0.4 is 10.9 Å². The number of nitrogens with zero attached hydrogens (tertiary/aromatic N) is 4. The Morgan fingerprint density at radius 3 is 2.67 bits per heavy atom. The lowest BCUT2D eigenvalue weighted by Crippen LogP contribution is -2.33. The number of pyridine rings is 1. The highest BCUT2D eigenvalue weighted by atomic mass is 16.5. The molecule has 8 heteroatoms. The molecule has 0 aliphatic rings. The topological polar surface area (TPSA) is 103 Å². The van der Waals surface area contributed by atoms with Crippen LogP contribution in [0.4, 0.5) is 5.88 Å². The molecular formula is C16H15N5O3. The minimum Gasteiger partial charge on any atom is -0.338 e. The van der Waals surface area contributed by atoms with Gasteiger partial charge in [-0.15, -0.1) is 0 Å². The fourth-order valence-corrected chi connectivity index (χ4v) is 2.14. The van der Waals surface area contributed by atoms with Crippen molar-refractivity contribution in [2.75, 3.05) is 5.32 Å². The van der Waals surface area contributed by atoms with E-state index in [-0.39, 0.29) is 11.4 Å². The van der Waals surface area contributed by atoms with Crippen LogP contribution in [-0.2, 0) is 4.79 Å². The van der Waals surface area contributed by atoms with E-state index in [1.54, 1.807) is 50.5 Å². The molecule has 3 rings (SSSR count). The Morgan fingerprint density at radius 1 is 1.25 bits per heavy atom. The maximum atomic E-state index is 12.3. The number of rotatable bonds is 4. The average molecular weight is 325 g/mol. The van der Waals surface area contributed by atoms with Gasteiger partial charge in [0.1, 0.15) is 6.04 Å². The van der Waals surface area contributed by atoms with Gasteiger partial charge in [-0.1, -0.05) is 5.16 Å². The summed E-state index contributed by atoms with van der Waals surface area (Å²) >= 11 is 0. The van der Waals surface area contributed by atoms with Crippen LogP contribution in [0.1, 0.15) is 18.7 Å². The van der Waals surface area contributed by atoms with Crippen molar-refractivity contribution in [3.63, 3.8) is 0 Å². The zero-order valence-corrected chi connectivity index (χ0v) is 13.1. The summed E-state index contributed by atoms with van der Waals surface area (Å²) in [4.78, 5) is 28.3. The van der Waals surface area contributed by atoms with Crippen LogP contribution in [0.5, 0.6) is 0 Å². The third-order valence-electron chi connectivity index (χ3n) is 3.42. The van der Waals surface area contributed by atoms with Crippen molar-refractivity contribution < 1.29 is 9.32 Å². The van der Waals surface area contributed by atoms with E-state index in [1.807, 2.05) is 0 Å². The summed E-state index contributed by atoms with van der Waals surface area (Å²) in [6.45, 7) is 3.33. The van der Waals surface area contributed by atoms with Crippen LogP contribution in [-0.4, -0.2) is 25.8 Å². The highest BCUT2D eigenvalue weighted by Crippen LogP contribution is 2.15. The summed E-state index contributed by atoms with van der Waals surface area (Å²) < 4.78 is 6.08. The first-order valence-electron chi connectivity index (χ1n) is 7.29. The largest absolute Gasteiger partial charge is 0.338 e. The SMILES string of the molecule is Cc1cc(NC(=O)C(C)n2nc(-c3ccncc3)ccc2=O)on1. The molecule has 0 aromatic carbocycles. The molecule has 0 saturated carbocycles. The molecule has 24 heavy (non-hydrogen) atoms. The Hall–Kier alpha value is -3.29. The molecule has 0 bridgehead atoms. The number of aromatic nitrogens is 4. The van der Waals surface area contributed by atoms with E-state index in [0.29, 0.717) is 11.4 Å². The van der Waals surface area contributed by atoms with Gasteiger partial charge in [-0.2, -0.15) is 5.10 Å². The van der Waals surface area contributed by atoms with Crippen LogP contribution in [0.3, 0.4) is 0 Å². The standard InChI is InChI=1S/C16H15N5O3/c1-10-9-14(24-20-10)18-16(23)11(2)21-15(22)4-3-13(19-21)12-5-7-17-8-6-12/h3-9,11H,1-2H3,(H,18,23). The van der Waals surface area contributed by atoms with Gasteiger partial charge in [0.2, 0.25) is 5.88 Å². The molecule has 0 radical (unpaired) electrons. The molecule has 0 saturated heterocycles. The van der Waals surface area contributed by atoms with E-state index in [4.69, 9.17) is 4.52 Å². The van der Waals surface area contributed by atoms with Crippen molar-refractivity contribution in [3.8, 4) is 11.3 Å². The molecule has 3 aromatic heterocycles. The molecule has 0 aliphatic carbocycles. The molecule has 3 heterocycles. The van der Waals surface area contributed by atoms with Gasteiger partial charge in [0.05, 0.1) is 11.4 Å². The lowest BCUT2D eigenvalue weighted by atomic mass is 10.2. The van der Waals surface area contributed by atoms with Gasteiger partial charge in [-0.25, -0.2) is 4.68 Å². The van der Waals surface area contributed by atoms with Gasteiger partial charge < -0.3 is 4.52 Å². The molecule has 1 atom stereocenters. The zero-order valence-electron chi connectivity index (χ0n) is 13.1. The second kappa shape index (κ2) is 6.45. The molecule has 8 nitrogen and oxygen atoms in total. The monoisotopic (exact) mass is 325 g/mol. The van der Waals surface area contributed by atoms with E-state index in [2.05, 4.69) is 20.6 Å². The van der Waals surface area contributed by atoms with E-state index in [9.17, 15) is 9.59 Å². The van der Waals surface area contributed by atoms with Gasteiger partial charge >= 0.3 is 0 Å². The number of amides is 1. The quantitative estimate of drug-likeness (QED) is 0.784. The summed E-state index contributed by atoms with van der Waals surface area (Å²) in [5.41, 5.74) is 1.65. The van der Waals surface area contributed by atoms with Crippen molar-refractivity contribution in [1.29, 1.82) is 0 Å². The van der Waals surface area contributed by atoms with Crippen molar-refractivity contribution in [1.82, 2.24) is 19.9 Å². The Labute approximate surface area is 137 Å². The van der Waals surface area contributed by atoms with Gasteiger partial charge in [-0.3, -0.25) is 19.9 Å². The predicted octanol–water partition coefficient (Wildman–Crippen LogP) is 1.80. The van der Waals surface area contributed by atoms with Gasteiger partial charge in [0.15, 0.2) is 0 Å². The average Bonchev–Trinajstić information content (AvgIpc) is 3.00. The van der Waals surface area contributed by atoms with E-state index in [0.717, 1.165) is 10.2 Å². The number of nitrogens with one attached hydrogen (secondary N) is 1. The third kappa shape index (κ3) is 3.22.